The Kier molecular flexibility index (Phi) is 5.17. The summed E-state index contributed by atoms with van der Waals surface area (Å²) in [5, 5.41) is 0. The van der Waals surface area contributed by atoms with Crippen molar-refractivity contribution in [1.82, 2.24) is 0 Å². The van der Waals surface area contributed by atoms with E-state index in [0.29, 0.717) is 13.8 Å². The van der Waals surface area contributed by atoms with Gasteiger partial charge in [-0.2, -0.15) is 26.3 Å². The van der Waals surface area contributed by atoms with E-state index >= 15 is 0 Å². The molecule has 0 amide bonds. The lowest BCUT2D eigenvalue weighted by molar-refractivity contribution is -0.282. The lowest BCUT2D eigenvalue weighted by Gasteiger charge is -2.25. The summed E-state index contributed by atoms with van der Waals surface area (Å²) in [5.74, 6) is -5.41. The second kappa shape index (κ2) is 5.36. The molecule has 4 atom stereocenters. The first-order valence-electron chi connectivity index (χ1n) is 4.44. The fraction of sp³-hybridized carbons (Fsp3) is 1.00. The third kappa shape index (κ3) is 5.05. The van der Waals surface area contributed by atoms with Gasteiger partial charge in [-0.1, -0.05) is 0 Å². The maximum absolute atomic E-state index is 12.7. The number of alkyl halides is 8. The van der Waals surface area contributed by atoms with Crippen molar-refractivity contribution in [3.05, 3.63) is 0 Å². The van der Waals surface area contributed by atoms with Crippen LogP contribution in [-0.2, 0) is 4.74 Å². The molecule has 0 aromatic carbocycles. The van der Waals surface area contributed by atoms with Gasteiger partial charge in [-0.05, 0) is 13.8 Å². The van der Waals surface area contributed by atoms with Crippen LogP contribution in [0.5, 0.6) is 0 Å². The molecule has 0 saturated carbocycles. The van der Waals surface area contributed by atoms with Gasteiger partial charge in [-0.25, -0.2) is 8.78 Å². The Morgan fingerprint density at radius 3 is 1.12 bits per heavy atom. The smallest absolute Gasteiger partial charge is 0.313 e. The van der Waals surface area contributed by atoms with Crippen LogP contribution in [0.3, 0.4) is 0 Å². The van der Waals surface area contributed by atoms with Crippen molar-refractivity contribution in [2.45, 2.75) is 38.9 Å². The van der Waals surface area contributed by atoms with Gasteiger partial charge >= 0.3 is 12.4 Å². The van der Waals surface area contributed by atoms with Gasteiger partial charge in [0, 0.05) is 0 Å². The zero-order chi connectivity index (χ0) is 14.0. The van der Waals surface area contributed by atoms with Crippen LogP contribution < -0.4 is 0 Å². The Morgan fingerprint density at radius 1 is 0.706 bits per heavy atom. The monoisotopic (exact) mass is 274 g/mol. The van der Waals surface area contributed by atoms with Gasteiger partial charge in [0.25, 0.3) is 0 Å². The van der Waals surface area contributed by atoms with Gasteiger partial charge in [0.1, 0.15) is 11.8 Å². The number of hydrogen-bond acceptors (Lipinski definition) is 1. The van der Waals surface area contributed by atoms with Gasteiger partial charge in [0.05, 0.1) is 0 Å². The van der Waals surface area contributed by atoms with Crippen molar-refractivity contribution in [2.75, 3.05) is 0 Å². The van der Waals surface area contributed by atoms with Gasteiger partial charge in [-0.3, -0.25) is 0 Å². The highest BCUT2D eigenvalue weighted by Gasteiger charge is 2.47. The molecule has 0 aromatic heterocycles. The van der Waals surface area contributed by atoms with Crippen molar-refractivity contribution in [2.24, 2.45) is 11.8 Å². The molecule has 0 heterocycles. The first-order chi connectivity index (χ1) is 7.37. The van der Waals surface area contributed by atoms with E-state index in [2.05, 4.69) is 4.74 Å². The molecule has 0 rings (SSSR count). The topological polar surface area (TPSA) is 9.23 Å². The summed E-state index contributed by atoms with van der Waals surface area (Å²) in [6.07, 6.45) is -16.4. The van der Waals surface area contributed by atoms with Gasteiger partial charge in [0.2, 0.25) is 12.7 Å². The zero-order valence-corrected chi connectivity index (χ0v) is 8.74. The predicted octanol–water partition coefficient (Wildman–Crippen LogP) is 3.99. The minimum Gasteiger partial charge on any atom is -0.313 e. The molecule has 4 unspecified atom stereocenters. The highest BCUT2D eigenvalue weighted by Crippen LogP contribution is 2.35. The third-order valence-corrected chi connectivity index (χ3v) is 2.08. The van der Waals surface area contributed by atoms with Crippen LogP contribution in [0.4, 0.5) is 35.1 Å². The molecule has 0 aliphatic heterocycles. The first-order valence-corrected chi connectivity index (χ1v) is 4.44. The summed E-state index contributed by atoms with van der Waals surface area (Å²) in [7, 11) is 0. The number of rotatable bonds is 4. The maximum Gasteiger partial charge on any atom is 0.396 e. The van der Waals surface area contributed by atoms with E-state index in [-0.39, 0.29) is 0 Å². The van der Waals surface area contributed by atoms with Crippen LogP contribution in [0.2, 0.25) is 0 Å². The maximum atomic E-state index is 12.7. The summed E-state index contributed by atoms with van der Waals surface area (Å²) in [6, 6.07) is 0. The minimum absolute atomic E-state index is 0.343. The lowest BCUT2D eigenvalue weighted by atomic mass is 10.1. The van der Waals surface area contributed by atoms with Crippen LogP contribution in [0.15, 0.2) is 0 Å². The van der Waals surface area contributed by atoms with E-state index in [1.807, 2.05) is 0 Å². The lowest BCUT2D eigenvalue weighted by Crippen LogP contribution is -2.37. The number of ether oxygens (including phenoxy) is 1. The molecule has 104 valence electrons. The first kappa shape index (κ1) is 16.4. The van der Waals surface area contributed by atoms with Crippen molar-refractivity contribution in [1.29, 1.82) is 0 Å². The largest absolute Gasteiger partial charge is 0.396 e. The fourth-order valence-corrected chi connectivity index (χ4v) is 0.657. The summed E-state index contributed by atoms with van der Waals surface area (Å²) >= 11 is 0. The molecule has 0 fully saturated rings. The Hall–Kier alpha value is -0.600. The summed E-state index contributed by atoms with van der Waals surface area (Å²) in [5.41, 5.74) is 0. The van der Waals surface area contributed by atoms with Crippen LogP contribution in [0, 0.1) is 11.8 Å². The molecule has 0 saturated heterocycles. The number of hydrogen-bond donors (Lipinski definition) is 0. The Bertz CT molecular complexity index is 211. The van der Waals surface area contributed by atoms with Crippen molar-refractivity contribution in [3.63, 3.8) is 0 Å². The predicted molar refractivity (Wildman–Crippen MR) is 41.3 cm³/mol. The SMILES string of the molecule is CC(C(F)OC(F)C(C)C(F)(F)F)C(F)(F)F. The molecular weight excluding hydrogens is 264 g/mol. The van der Waals surface area contributed by atoms with Crippen LogP contribution in [0.25, 0.3) is 0 Å². The molecule has 9 heteroatoms. The van der Waals surface area contributed by atoms with Crippen molar-refractivity contribution >= 4 is 0 Å². The molecule has 0 N–H and O–H groups in total. The van der Waals surface area contributed by atoms with E-state index in [9.17, 15) is 35.1 Å². The minimum atomic E-state index is -5.01. The van der Waals surface area contributed by atoms with E-state index < -0.39 is 36.9 Å². The molecule has 0 aromatic rings. The van der Waals surface area contributed by atoms with Gasteiger partial charge < -0.3 is 4.74 Å². The molecule has 0 radical (unpaired) electrons. The second-order valence-corrected chi connectivity index (χ2v) is 3.50. The van der Waals surface area contributed by atoms with E-state index in [1.165, 1.54) is 0 Å². The summed E-state index contributed by atoms with van der Waals surface area (Å²) < 4.78 is 100. The van der Waals surface area contributed by atoms with Crippen LogP contribution >= 0.6 is 0 Å². The third-order valence-electron chi connectivity index (χ3n) is 2.08. The van der Waals surface area contributed by atoms with E-state index in [4.69, 9.17) is 0 Å². The standard InChI is InChI=1S/C8H10F8O/c1-3(7(11,12)13)5(9)17-6(10)4(2)8(14,15)16/h3-6H,1-2H3. The molecule has 17 heavy (non-hydrogen) atoms. The molecular formula is C8H10F8O. The fourth-order valence-electron chi connectivity index (χ4n) is 0.657. The Morgan fingerprint density at radius 2 is 0.941 bits per heavy atom. The Labute approximate surface area is 91.7 Å². The van der Waals surface area contributed by atoms with E-state index in [1.54, 1.807) is 0 Å². The van der Waals surface area contributed by atoms with Crippen LogP contribution in [-0.4, -0.2) is 25.1 Å². The average molecular weight is 274 g/mol. The molecule has 0 spiro atoms. The van der Waals surface area contributed by atoms with Gasteiger partial charge in [0.15, 0.2) is 0 Å². The van der Waals surface area contributed by atoms with Gasteiger partial charge in [-0.15, -0.1) is 0 Å². The number of halogens is 8. The highest BCUT2D eigenvalue weighted by atomic mass is 19.4. The molecule has 1 nitrogen and oxygen atoms in total. The van der Waals surface area contributed by atoms with E-state index in [0.717, 1.165) is 0 Å². The zero-order valence-electron chi connectivity index (χ0n) is 8.74. The van der Waals surface area contributed by atoms with Crippen molar-refractivity contribution < 1.29 is 39.9 Å². The van der Waals surface area contributed by atoms with Crippen LogP contribution in [0.1, 0.15) is 13.8 Å². The Balaban J connectivity index is 4.45. The average Bonchev–Trinajstić information content (AvgIpc) is 2.12. The second-order valence-electron chi connectivity index (χ2n) is 3.50. The van der Waals surface area contributed by atoms with Crippen molar-refractivity contribution in [3.8, 4) is 0 Å². The summed E-state index contributed by atoms with van der Waals surface area (Å²) in [4.78, 5) is 0. The normalized spacial score (nSPS) is 20.8. The highest BCUT2D eigenvalue weighted by molar-refractivity contribution is 4.69. The summed E-state index contributed by atoms with van der Waals surface area (Å²) in [6.45, 7) is 0.686. The quantitative estimate of drug-likeness (QED) is 0.704. The molecule has 0 bridgehead atoms. The molecule has 0 aliphatic carbocycles. The molecule has 0 aliphatic rings.